The molecule has 1 aliphatic carbocycles. The lowest BCUT2D eigenvalue weighted by atomic mass is 10.1. The standard InChI is InChI=1S/C8H7ClF2N2/c9-6-3-5(1-2-13-6)7(12)4-8(7,10)11/h1-3H,4,12H2. The SMILES string of the molecule is NC1(c2ccnc(Cl)c2)CC1(F)F. The summed E-state index contributed by atoms with van der Waals surface area (Å²) in [6.07, 6.45) is 1.06. The number of halogens is 3. The third-order valence-corrected chi connectivity index (χ3v) is 2.48. The molecule has 2 nitrogen and oxygen atoms in total. The molecule has 0 aromatic carbocycles. The molecule has 1 fully saturated rings. The van der Waals surface area contributed by atoms with E-state index >= 15 is 0 Å². The maximum absolute atomic E-state index is 12.8. The van der Waals surface area contributed by atoms with Gasteiger partial charge in [-0.25, -0.2) is 13.8 Å². The number of alkyl halides is 2. The maximum atomic E-state index is 12.8. The van der Waals surface area contributed by atoms with E-state index in [1.807, 2.05) is 0 Å². The van der Waals surface area contributed by atoms with Crippen molar-refractivity contribution < 1.29 is 8.78 Å². The van der Waals surface area contributed by atoms with Gasteiger partial charge in [0.15, 0.2) is 0 Å². The Morgan fingerprint density at radius 3 is 2.62 bits per heavy atom. The monoisotopic (exact) mass is 204 g/mol. The Bertz CT molecular complexity index is 356. The number of pyridine rings is 1. The molecule has 13 heavy (non-hydrogen) atoms. The zero-order chi connectivity index (χ0) is 9.69. The Labute approximate surface area is 78.7 Å². The number of aromatic nitrogens is 1. The first kappa shape index (κ1) is 8.84. The van der Waals surface area contributed by atoms with Crippen molar-refractivity contribution in [3.63, 3.8) is 0 Å². The minimum Gasteiger partial charge on any atom is -0.316 e. The highest BCUT2D eigenvalue weighted by molar-refractivity contribution is 6.29. The van der Waals surface area contributed by atoms with Crippen LogP contribution in [0.3, 0.4) is 0 Å². The molecule has 1 saturated carbocycles. The van der Waals surface area contributed by atoms with Gasteiger partial charge in [0, 0.05) is 12.6 Å². The lowest BCUT2D eigenvalue weighted by Crippen LogP contribution is -2.27. The van der Waals surface area contributed by atoms with Crippen molar-refractivity contribution in [3.05, 3.63) is 29.0 Å². The fraction of sp³-hybridized carbons (Fsp3) is 0.375. The van der Waals surface area contributed by atoms with Crippen LogP contribution in [0.1, 0.15) is 12.0 Å². The van der Waals surface area contributed by atoms with E-state index < -0.39 is 11.5 Å². The highest BCUT2D eigenvalue weighted by Gasteiger charge is 2.69. The predicted molar refractivity (Wildman–Crippen MR) is 44.7 cm³/mol. The third kappa shape index (κ3) is 1.21. The van der Waals surface area contributed by atoms with Crippen LogP contribution in [0.5, 0.6) is 0 Å². The molecule has 1 aliphatic rings. The van der Waals surface area contributed by atoms with Gasteiger partial charge in [0.05, 0.1) is 0 Å². The van der Waals surface area contributed by atoms with E-state index in [1.54, 1.807) is 0 Å². The molecule has 0 bridgehead atoms. The molecular weight excluding hydrogens is 198 g/mol. The van der Waals surface area contributed by atoms with E-state index in [2.05, 4.69) is 4.98 Å². The maximum Gasteiger partial charge on any atom is 0.272 e. The van der Waals surface area contributed by atoms with Gasteiger partial charge in [-0.1, -0.05) is 11.6 Å². The number of nitrogens with zero attached hydrogens (tertiary/aromatic N) is 1. The average molecular weight is 205 g/mol. The average Bonchev–Trinajstić information content (AvgIpc) is 2.53. The van der Waals surface area contributed by atoms with Crippen molar-refractivity contribution >= 4 is 11.6 Å². The van der Waals surface area contributed by atoms with E-state index in [0.29, 0.717) is 5.56 Å². The summed E-state index contributed by atoms with van der Waals surface area (Å²) in [4.78, 5) is 3.69. The van der Waals surface area contributed by atoms with Gasteiger partial charge in [-0.2, -0.15) is 0 Å². The van der Waals surface area contributed by atoms with E-state index in [1.165, 1.54) is 18.3 Å². The molecule has 5 heteroatoms. The minimum absolute atomic E-state index is 0.185. The second-order valence-corrected chi connectivity index (χ2v) is 3.61. The first-order valence-corrected chi connectivity index (χ1v) is 4.12. The molecule has 1 atom stereocenters. The van der Waals surface area contributed by atoms with Gasteiger partial charge in [-0.05, 0) is 17.7 Å². The quantitative estimate of drug-likeness (QED) is 0.710. The Hall–Kier alpha value is -0.740. The summed E-state index contributed by atoms with van der Waals surface area (Å²) < 4.78 is 25.6. The number of nitrogens with two attached hydrogens (primary N) is 1. The van der Waals surface area contributed by atoms with Gasteiger partial charge in [0.1, 0.15) is 10.7 Å². The molecule has 1 heterocycles. The fourth-order valence-electron chi connectivity index (χ4n) is 1.30. The third-order valence-electron chi connectivity index (χ3n) is 2.27. The van der Waals surface area contributed by atoms with Crippen LogP contribution in [0.4, 0.5) is 8.78 Å². The van der Waals surface area contributed by atoms with Crippen LogP contribution in [0.2, 0.25) is 5.15 Å². The molecule has 2 rings (SSSR count). The smallest absolute Gasteiger partial charge is 0.272 e. The van der Waals surface area contributed by atoms with Crippen LogP contribution >= 0.6 is 11.6 Å². The minimum atomic E-state index is -2.81. The van der Waals surface area contributed by atoms with E-state index in [4.69, 9.17) is 17.3 Å². The Morgan fingerprint density at radius 1 is 1.54 bits per heavy atom. The Morgan fingerprint density at radius 2 is 2.15 bits per heavy atom. The zero-order valence-electron chi connectivity index (χ0n) is 6.60. The summed E-state index contributed by atoms with van der Waals surface area (Å²) in [7, 11) is 0. The van der Waals surface area contributed by atoms with Crippen molar-refractivity contribution in [2.24, 2.45) is 5.73 Å². The van der Waals surface area contributed by atoms with Crippen molar-refractivity contribution in [3.8, 4) is 0 Å². The van der Waals surface area contributed by atoms with Crippen molar-refractivity contribution in [2.45, 2.75) is 17.9 Å². The summed E-state index contributed by atoms with van der Waals surface area (Å²) >= 11 is 5.56. The molecule has 0 radical (unpaired) electrons. The molecule has 2 N–H and O–H groups in total. The van der Waals surface area contributed by atoms with Gasteiger partial charge < -0.3 is 5.73 Å². The number of rotatable bonds is 1. The van der Waals surface area contributed by atoms with E-state index in [0.717, 1.165) is 0 Å². The van der Waals surface area contributed by atoms with Gasteiger partial charge in [0.25, 0.3) is 5.92 Å². The van der Waals surface area contributed by atoms with Gasteiger partial charge in [-0.15, -0.1) is 0 Å². The molecule has 0 spiro atoms. The molecule has 0 amide bonds. The Kier molecular flexibility index (Phi) is 1.63. The van der Waals surface area contributed by atoms with E-state index in [9.17, 15) is 8.78 Å². The Balaban J connectivity index is 2.38. The van der Waals surface area contributed by atoms with Crippen LogP contribution in [0, 0.1) is 0 Å². The van der Waals surface area contributed by atoms with Gasteiger partial charge in [-0.3, -0.25) is 0 Å². The molecule has 1 unspecified atom stereocenters. The van der Waals surface area contributed by atoms with E-state index in [-0.39, 0.29) is 11.6 Å². The zero-order valence-corrected chi connectivity index (χ0v) is 7.35. The molecule has 1 aromatic rings. The second kappa shape index (κ2) is 2.39. The lowest BCUT2D eigenvalue weighted by molar-refractivity contribution is 0.0891. The molecule has 0 aliphatic heterocycles. The number of hydrogen-bond acceptors (Lipinski definition) is 2. The molecule has 0 saturated heterocycles. The summed E-state index contributed by atoms with van der Waals surface area (Å²) in [5.74, 6) is -2.81. The highest BCUT2D eigenvalue weighted by atomic mass is 35.5. The fourth-order valence-corrected chi connectivity index (χ4v) is 1.47. The van der Waals surface area contributed by atoms with Crippen molar-refractivity contribution in [1.82, 2.24) is 4.98 Å². The second-order valence-electron chi connectivity index (χ2n) is 3.22. The van der Waals surface area contributed by atoms with Crippen LogP contribution < -0.4 is 5.73 Å². The topological polar surface area (TPSA) is 38.9 Å². The van der Waals surface area contributed by atoms with Crippen LogP contribution in [0.25, 0.3) is 0 Å². The van der Waals surface area contributed by atoms with Crippen LogP contribution in [-0.4, -0.2) is 10.9 Å². The highest BCUT2D eigenvalue weighted by Crippen LogP contribution is 2.57. The predicted octanol–water partition coefficient (Wildman–Crippen LogP) is 1.93. The lowest BCUT2D eigenvalue weighted by Gasteiger charge is -2.09. The van der Waals surface area contributed by atoms with Crippen molar-refractivity contribution in [2.75, 3.05) is 0 Å². The van der Waals surface area contributed by atoms with Crippen LogP contribution in [-0.2, 0) is 5.54 Å². The molecule has 70 valence electrons. The first-order chi connectivity index (χ1) is 5.96. The summed E-state index contributed by atoms with van der Waals surface area (Å²) in [5, 5.41) is 0.185. The largest absolute Gasteiger partial charge is 0.316 e. The molecular formula is C8H7ClF2N2. The summed E-state index contributed by atoms with van der Waals surface area (Å²) in [5.41, 5.74) is 4.29. The summed E-state index contributed by atoms with van der Waals surface area (Å²) in [6.45, 7) is 0. The normalized spacial score (nSPS) is 30.2. The number of hydrogen-bond donors (Lipinski definition) is 1. The summed E-state index contributed by atoms with van der Waals surface area (Å²) in [6, 6.07) is 2.84. The van der Waals surface area contributed by atoms with Crippen molar-refractivity contribution in [1.29, 1.82) is 0 Å². The van der Waals surface area contributed by atoms with Gasteiger partial charge in [0.2, 0.25) is 0 Å². The van der Waals surface area contributed by atoms with Gasteiger partial charge >= 0.3 is 0 Å². The first-order valence-electron chi connectivity index (χ1n) is 3.74. The van der Waals surface area contributed by atoms with Crippen LogP contribution in [0.15, 0.2) is 18.3 Å². The molecule has 1 aromatic heterocycles.